The normalized spacial score (nSPS) is 18.6. The van der Waals surface area contributed by atoms with Crippen molar-refractivity contribution in [3.05, 3.63) is 40.9 Å². The highest BCUT2D eigenvalue weighted by atomic mass is 16.2. The summed E-state index contributed by atoms with van der Waals surface area (Å²) >= 11 is 0. The monoisotopic (exact) mass is 299 g/mol. The van der Waals surface area contributed by atoms with Gasteiger partial charge in [0, 0.05) is 12.6 Å². The van der Waals surface area contributed by atoms with Crippen LogP contribution in [0.4, 0.5) is 0 Å². The van der Waals surface area contributed by atoms with Crippen molar-refractivity contribution in [1.82, 2.24) is 14.5 Å². The number of hydrogen-bond donors (Lipinski definition) is 0. The number of piperidine rings is 1. The van der Waals surface area contributed by atoms with E-state index in [2.05, 4.69) is 11.9 Å². The number of nitrogens with zero attached hydrogens (tertiary/aromatic N) is 3. The highest BCUT2D eigenvalue weighted by Gasteiger charge is 2.25. The van der Waals surface area contributed by atoms with Gasteiger partial charge in [0.2, 0.25) is 5.91 Å². The molecule has 0 bridgehead atoms. The van der Waals surface area contributed by atoms with E-state index in [0.29, 0.717) is 16.9 Å². The van der Waals surface area contributed by atoms with E-state index in [0.717, 1.165) is 25.8 Å². The smallest absolute Gasteiger partial charge is 0.261 e. The third kappa shape index (κ3) is 2.75. The molecule has 1 aromatic heterocycles. The summed E-state index contributed by atoms with van der Waals surface area (Å²) in [5.74, 6) is 0.0192. The Kier molecular flexibility index (Phi) is 4.22. The van der Waals surface area contributed by atoms with Gasteiger partial charge in [-0.05, 0) is 37.8 Å². The van der Waals surface area contributed by atoms with Crippen LogP contribution in [-0.2, 0) is 11.3 Å². The van der Waals surface area contributed by atoms with Crippen LogP contribution in [0.25, 0.3) is 10.9 Å². The number of aromatic nitrogens is 2. The summed E-state index contributed by atoms with van der Waals surface area (Å²) in [6.45, 7) is 2.99. The highest BCUT2D eigenvalue weighted by molar-refractivity contribution is 5.79. The Hall–Kier alpha value is -2.17. The maximum Gasteiger partial charge on any atom is 0.261 e. The molecular formula is C17H21N3O2. The molecule has 1 atom stereocenters. The van der Waals surface area contributed by atoms with E-state index in [1.54, 1.807) is 12.1 Å². The van der Waals surface area contributed by atoms with Crippen LogP contribution in [0.1, 0.15) is 32.6 Å². The van der Waals surface area contributed by atoms with Gasteiger partial charge in [-0.3, -0.25) is 14.2 Å². The lowest BCUT2D eigenvalue weighted by atomic mass is 10.00. The summed E-state index contributed by atoms with van der Waals surface area (Å²) in [7, 11) is 0. The SMILES string of the molecule is CC[C@@H]1CCCCN1C(=O)Cn1cnc2ccccc2c1=O. The fourth-order valence-electron chi connectivity index (χ4n) is 3.21. The maximum atomic E-state index is 12.6. The Morgan fingerprint density at radius 2 is 2.14 bits per heavy atom. The second-order valence-corrected chi connectivity index (χ2v) is 5.84. The molecule has 1 fully saturated rings. The average Bonchev–Trinajstić information content (AvgIpc) is 2.57. The third-order valence-corrected chi connectivity index (χ3v) is 4.46. The molecule has 1 aliphatic heterocycles. The van der Waals surface area contributed by atoms with Crippen molar-refractivity contribution in [1.29, 1.82) is 0 Å². The molecule has 1 aliphatic rings. The lowest BCUT2D eigenvalue weighted by molar-refractivity contribution is -0.135. The first-order valence-corrected chi connectivity index (χ1v) is 7.94. The predicted molar refractivity (Wildman–Crippen MR) is 85.6 cm³/mol. The molecule has 0 unspecified atom stereocenters. The second kappa shape index (κ2) is 6.30. The van der Waals surface area contributed by atoms with E-state index >= 15 is 0 Å². The van der Waals surface area contributed by atoms with Crippen molar-refractivity contribution in [2.24, 2.45) is 0 Å². The van der Waals surface area contributed by atoms with Gasteiger partial charge in [0.25, 0.3) is 5.56 Å². The minimum atomic E-state index is -0.149. The Morgan fingerprint density at radius 3 is 2.95 bits per heavy atom. The van der Waals surface area contributed by atoms with E-state index in [4.69, 9.17) is 0 Å². The molecule has 22 heavy (non-hydrogen) atoms. The molecule has 2 aromatic rings. The molecule has 0 N–H and O–H groups in total. The summed E-state index contributed by atoms with van der Waals surface area (Å²) in [4.78, 5) is 31.2. The summed E-state index contributed by atoms with van der Waals surface area (Å²) in [5.41, 5.74) is 0.518. The Bertz CT molecular complexity index is 738. The van der Waals surface area contributed by atoms with Crippen LogP contribution in [0.5, 0.6) is 0 Å². The van der Waals surface area contributed by atoms with Crippen molar-refractivity contribution < 1.29 is 4.79 Å². The summed E-state index contributed by atoms with van der Waals surface area (Å²) in [6, 6.07) is 7.53. The summed E-state index contributed by atoms with van der Waals surface area (Å²) in [5, 5.41) is 0.559. The zero-order valence-corrected chi connectivity index (χ0v) is 12.9. The third-order valence-electron chi connectivity index (χ3n) is 4.46. The van der Waals surface area contributed by atoms with Crippen LogP contribution in [0.15, 0.2) is 35.4 Å². The van der Waals surface area contributed by atoms with Gasteiger partial charge in [0.15, 0.2) is 0 Å². The lowest BCUT2D eigenvalue weighted by Crippen LogP contribution is -2.45. The Balaban J connectivity index is 1.85. The molecule has 0 aliphatic carbocycles. The highest BCUT2D eigenvalue weighted by Crippen LogP contribution is 2.19. The average molecular weight is 299 g/mol. The number of hydrogen-bond acceptors (Lipinski definition) is 3. The number of rotatable bonds is 3. The molecular weight excluding hydrogens is 278 g/mol. The number of benzene rings is 1. The Morgan fingerprint density at radius 1 is 1.32 bits per heavy atom. The zero-order valence-electron chi connectivity index (χ0n) is 12.9. The van der Waals surface area contributed by atoms with Crippen molar-refractivity contribution in [3.8, 4) is 0 Å². The molecule has 2 heterocycles. The zero-order chi connectivity index (χ0) is 15.5. The number of carbonyl (C=O) groups is 1. The van der Waals surface area contributed by atoms with Crippen molar-refractivity contribution in [2.75, 3.05) is 6.54 Å². The number of likely N-dealkylation sites (tertiary alicyclic amines) is 1. The van der Waals surface area contributed by atoms with Crippen molar-refractivity contribution in [2.45, 2.75) is 45.2 Å². The van der Waals surface area contributed by atoms with E-state index in [-0.39, 0.29) is 18.0 Å². The molecule has 0 radical (unpaired) electrons. The molecule has 116 valence electrons. The number of amides is 1. The fourth-order valence-corrected chi connectivity index (χ4v) is 3.21. The summed E-state index contributed by atoms with van der Waals surface area (Å²) < 4.78 is 1.42. The van der Waals surface area contributed by atoms with Gasteiger partial charge in [-0.2, -0.15) is 0 Å². The van der Waals surface area contributed by atoms with Crippen LogP contribution < -0.4 is 5.56 Å². The fraction of sp³-hybridized carbons (Fsp3) is 0.471. The van der Waals surface area contributed by atoms with Gasteiger partial charge in [-0.15, -0.1) is 0 Å². The molecule has 1 amide bonds. The van der Waals surface area contributed by atoms with Crippen LogP contribution in [-0.4, -0.2) is 32.9 Å². The van der Waals surface area contributed by atoms with Crippen LogP contribution in [0.3, 0.4) is 0 Å². The molecule has 3 rings (SSSR count). The van der Waals surface area contributed by atoms with Gasteiger partial charge < -0.3 is 4.90 Å². The number of carbonyl (C=O) groups excluding carboxylic acids is 1. The van der Waals surface area contributed by atoms with E-state index in [1.807, 2.05) is 17.0 Å². The van der Waals surface area contributed by atoms with Gasteiger partial charge in [-0.1, -0.05) is 19.1 Å². The van der Waals surface area contributed by atoms with Crippen LogP contribution >= 0.6 is 0 Å². The van der Waals surface area contributed by atoms with Gasteiger partial charge >= 0.3 is 0 Å². The number of para-hydroxylation sites is 1. The van der Waals surface area contributed by atoms with Crippen molar-refractivity contribution in [3.63, 3.8) is 0 Å². The molecule has 5 heteroatoms. The van der Waals surface area contributed by atoms with Gasteiger partial charge in [-0.25, -0.2) is 4.98 Å². The standard InChI is InChI=1S/C17H21N3O2/c1-2-13-7-5-6-10-20(13)16(21)11-19-12-18-15-9-4-3-8-14(15)17(19)22/h3-4,8-9,12-13H,2,5-7,10-11H2,1H3/t13-/m1/s1. The first-order chi connectivity index (χ1) is 10.7. The first kappa shape index (κ1) is 14.8. The molecule has 1 aromatic carbocycles. The quantitative estimate of drug-likeness (QED) is 0.873. The maximum absolute atomic E-state index is 12.6. The van der Waals surface area contributed by atoms with E-state index < -0.39 is 0 Å². The van der Waals surface area contributed by atoms with Gasteiger partial charge in [0.05, 0.1) is 17.2 Å². The van der Waals surface area contributed by atoms with E-state index in [9.17, 15) is 9.59 Å². The molecule has 0 spiro atoms. The van der Waals surface area contributed by atoms with Gasteiger partial charge in [0.1, 0.15) is 6.54 Å². The largest absolute Gasteiger partial charge is 0.338 e. The lowest BCUT2D eigenvalue weighted by Gasteiger charge is -2.35. The van der Waals surface area contributed by atoms with Crippen LogP contribution in [0, 0.1) is 0 Å². The number of fused-ring (bicyclic) bond motifs is 1. The van der Waals surface area contributed by atoms with E-state index in [1.165, 1.54) is 17.3 Å². The molecule has 5 nitrogen and oxygen atoms in total. The first-order valence-electron chi connectivity index (χ1n) is 7.94. The Labute approximate surface area is 129 Å². The topological polar surface area (TPSA) is 55.2 Å². The minimum absolute atomic E-state index is 0.0192. The minimum Gasteiger partial charge on any atom is -0.338 e. The van der Waals surface area contributed by atoms with Crippen LogP contribution in [0.2, 0.25) is 0 Å². The second-order valence-electron chi connectivity index (χ2n) is 5.84. The molecule has 1 saturated heterocycles. The summed E-state index contributed by atoms with van der Waals surface area (Å²) in [6.07, 6.45) is 5.74. The van der Waals surface area contributed by atoms with Crippen molar-refractivity contribution >= 4 is 16.8 Å². The molecule has 0 saturated carbocycles. The predicted octanol–water partition coefficient (Wildman–Crippen LogP) is 2.19.